The quantitative estimate of drug-likeness (QED) is 0.161. The number of aromatic nitrogens is 2. The van der Waals surface area contributed by atoms with E-state index in [0.29, 0.717) is 0 Å². The summed E-state index contributed by atoms with van der Waals surface area (Å²) in [6.07, 6.45) is 4.28. The van der Waals surface area contributed by atoms with Crippen molar-refractivity contribution in [3.63, 3.8) is 0 Å². The maximum atomic E-state index is 5.37. The first kappa shape index (κ1) is 31.5. The van der Waals surface area contributed by atoms with Gasteiger partial charge in [0.1, 0.15) is 0 Å². The van der Waals surface area contributed by atoms with Gasteiger partial charge in [-0.05, 0) is 110 Å². The standard InChI is InChI=1S/C48H38N4/c1-5-15-37(16-6-1)51(38-17-7-2-8-18-38)41-29-25-35(26-30-41)43-33-34-44(48-47(43)49-45-23-13-14-24-46(45)50-48)36-27-31-42(32-28-36)52(39-19-9-3-10-20-39)40-21-11-4-12-22-40/h1-12,15-22,25-34H,13-14,23-24H2. The first-order chi connectivity index (χ1) is 25.8. The largest absolute Gasteiger partial charge is 0.311 e. The van der Waals surface area contributed by atoms with Crippen LogP contribution in [0.3, 0.4) is 0 Å². The summed E-state index contributed by atoms with van der Waals surface area (Å²) in [5.41, 5.74) is 15.4. The summed E-state index contributed by atoms with van der Waals surface area (Å²) in [4.78, 5) is 15.3. The van der Waals surface area contributed by atoms with Crippen molar-refractivity contribution in [1.29, 1.82) is 0 Å². The number of aryl methyl sites for hydroxylation is 2. The highest BCUT2D eigenvalue weighted by molar-refractivity contribution is 6.01. The van der Waals surface area contributed by atoms with Gasteiger partial charge in [0.25, 0.3) is 0 Å². The number of nitrogens with zero attached hydrogens (tertiary/aromatic N) is 4. The second-order valence-corrected chi connectivity index (χ2v) is 13.3. The van der Waals surface area contributed by atoms with E-state index in [1.165, 1.54) is 0 Å². The molecular formula is C48H38N4. The highest BCUT2D eigenvalue weighted by atomic mass is 15.1. The molecule has 8 aromatic rings. The van der Waals surface area contributed by atoms with Gasteiger partial charge in [-0.25, -0.2) is 9.97 Å². The van der Waals surface area contributed by atoms with Crippen LogP contribution in [-0.2, 0) is 12.8 Å². The summed E-state index contributed by atoms with van der Waals surface area (Å²) in [5, 5.41) is 0. The van der Waals surface area contributed by atoms with E-state index < -0.39 is 0 Å². The van der Waals surface area contributed by atoms with E-state index in [-0.39, 0.29) is 0 Å². The topological polar surface area (TPSA) is 32.3 Å². The predicted octanol–water partition coefficient (Wildman–Crippen LogP) is 12.8. The molecule has 7 aromatic carbocycles. The van der Waals surface area contributed by atoms with Gasteiger partial charge in [0.05, 0.1) is 22.4 Å². The molecule has 0 spiro atoms. The highest BCUT2D eigenvalue weighted by Crippen LogP contribution is 2.40. The van der Waals surface area contributed by atoms with E-state index in [2.05, 4.69) is 192 Å². The Morgan fingerprint density at radius 1 is 0.308 bits per heavy atom. The molecule has 0 atom stereocenters. The lowest BCUT2D eigenvalue weighted by Gasteiger charge is -2.26. The minimum absolute atomic E-state index is 0.966. The number of rotatable bonds is 8. The normalized spacial score (nSPS) is 12.3. The zero-order valence-corrected chi connectivity index (χ0v) is 28.9. The molecule has 0 saturated heterocycles. The minimum atomic E-state index is 0.966. The molecule has 0 radical (unpaired) electrons. The van der Waals surface area contributed by atoms with E-state index >= 15 is 0 Å². The monoisotopic (exact) mass is 670 g/mol. The van der Waals surface area contributed by atoms with E-state index in [1.807, 2.05) is 0 Å². The number of anilines is 6. The van der Waals surface area contributed by atoms with Crippen LogP contribution < -0.4 is 9.80 Å². The molecule has 1 aliphatic carbocycles. The lowest BCUT2D eigenvalue weighted by atomic mass is 9.95. The van der Waals surface area contributed by atoms with Crippen molar-refractivity contribution in [2.24, 2.45) is 0 Å². The number of benzene rings is 7. The van der Waals surface area contributed by atoms with Crippen LogP contribution in [-0.4, -0.2) is 9.97 Å². The SMILES string of the molecule is c1ccc(N(c2ccccc2)c2ccc(-c3ccc(-c4ccc(N(c5ccccc5)c5ccccc5)cc4)c4nc5c(nc34)CCCC5)cc2)cc1. The Hall–Kier alpha value is -6.52. The van der Waals surface area contributed by atoms with Crippen molar-refractivity contribution in [2.75, 3.05) is 9.80 Å². The van der Waals surface area contributed by atoms with E-state index in [9.17, 15) is 0 Å². The van der Waals surface area contributed by atoms with Crippen LogP contribution in [0.25, 0.3) is 33.3 Å². The zero-order chi connectivity index (χ0) is 34.7. The molecule has 4 heteroatoms. The van der Waals surface area contributed by atoms with Crippen LogP contribution in [0.4, 0.5) is 34.1 Å². The molecule has 4 nitrogen and oxygen atoms in total. The first-order valence-corrected chi connectivity index (χ1v) is 18.1. The third kappa shape index (κ3) is 6.09. The van der Waals surface area contributed by atoms with Crippen LogP contribution in [0.1, 0.15) is 24.2 Å². The Labute approximate surface area is 305 Å². The smallest absolute Gasteiger partial charge is 0.0975 e. The molecule has 0 unspecified atom stereocenters. The Morgan fingerprint density at radius 2 is 0.596 bits per heavy atom. The van der Waals surface area contributed by atoms with E-state index in [1.54, 1.807) is 0 Å². The van der Waals surface area contributed by atoms with Crippen molar-refractivity contribution < 1.29 is 0 Å². The number of fused-ring (bicyclic) bond motifs is 2. The molecule has 0 bridgehead atoms. The van der Waals surface area contributed by atoms with Crippen LogP contribution in [0.2, 0.25) is 0 Å². The highest BCUT2D eigenvalue weighted by Gasteiger charge is 2.20. The molecule has 0 saturated carbocycles. The average Bonchev–Trinajstić information content (AvgIpc) is 3.22. The second kappa shape index (κ2) is 14.0. The van der Waals surface area contributed by atoms with Crippen molar-refractivity contribution in [3.8, 4) is 22.3 Å². The summed E-state index contributed by atoms with van der Waals surface area (Å²) in [5.74, 6) is 0. The Bertz CT molecular complexity index is 2180. The molecular weight excluding hydrogens is 633 g/mol. The fourth-order valence-electron chi connectivity index (χ4n) is 7.44. The number of hydrogen-bond acceptors (Lipinski definition) is 4. The van der Waals surface area contributed by atoms with Crippen LogP contribution >= 0.6 is 0 Å². The van der Waals surface area contributed by atoms with Crippen LogP contribution in [0.15, 0.2) is 182 Å². The maximum absolute atomic E-state index is 5.37. The number of para-hydroxylation sites is 4. The molecule has 250 valence electrons. The summed E-state index contributed by atoms with van der Waals surface area (Å²) < 4.78 is 0. The van der Waals surface area contributed by atoms with Gasteiger partial charge in [0.2, 0.25) is 0 Å². The van der Waals surface area contributed by atoms with Crippen LogP contribution in [0.5, 0.6) is 0 Å². The Kier molecular flexibility index (Phi) is 8.47. The Morgan fingerprint density at radius 3 is 0.904 bits per heavy atom. The first-order valence-electron chi connectivity index (χ1n) is 18.1. The van der Waals surface area contributed by atoms with Crippen molar-refractivity contribution in [2.45, 2.75) is 25.7 Å². The summed E-state index contributed by atoms with van der Waals surface area (Å²) >= 11 is 0. The van der Waals surface area contributed by atoms with Gasteiger partial charge in [-0.2, -0.15) is 0 Å². The third-order valence-electron chi connectivity index (χ3n) is 9.99. The molecule has 0 fully saturated rings. The molecule has 9 rings (SSSR count). The second-order valence-electron chi connectivity index (χ2n) is 13.3. The van der Waals surface area contributed by atoms with Gasteiger partial charge in [-0.3, -0.25) is 0 Å². The van der Waals surface area contributed by atoms with Gasteiger partial charge in [0, 0.05) is 45.3 Å². The summed E-state index contributed by atoms with van der Waals surface area (Å²) in [6, 6.07) is 64.3. The molecule has 52 heavy (non-hydrogen) atoms. The van der Waals surface area contributed by atoms with Gasteiger partial charge < -0.3 is 9.80 Å². The summed E-state index contributed by atoms with van der Waals surface area (Å²) in [6.45, 7) is 0. The lowest BCUT2D eigenvalue weighted by Crippen LogP contribution is -2.10. The third-order valence-corrected chi connectivity index (χ3v) is 9.99. The predicted molar refractivity (Wildman–Crippen MR) is 216 cm³/mol. The van der Waals surface area contributed by atoms with Crippen molar-refractivity contribution in [3.05, 3.63) is 193 Å². The molecule has 0 aliphatic heterocycles. The van der Waals surface area contributed by atoms with Crippen molar-refractivity contribution in [1.82, 2.24) is 9.97 Å². The van der Waals surface area contributed by atoms with Gasteiger partial charge >= 0.3 is 0 Å². The average molecular weight is 671 g/mol. The van der Waals surface area contributed by atoms with Crippen LogP contribution in [0, 0.1) is 0 Å². The molecule has 1 aliphatic rings. The fourth-order valence-corrected chi connectivity index (χ4v) is 7.44. The van der Waals surface area contributed by atoms with Crippen molar-refractivity contribution >= 4 is 45.2 Å². The minimum Gasteiger partial charge on any atom is -0.311 e. The van der Waals surface area contributed by atoms with Gasteiger partial charge in [0.15, 0.2) is 0 Å². The fraction of sp³-hybridized carbons (Fsp3) is 0.0833. The molecule has 0 N–H and O–H groups in total. The lowest BCUT2D eigenvalue weighted by molar-refractivity contribution is 0.655. The van der Waals surface area contributed by atoms with Gasteiger partial charge in [-0.1, -0.05) is 109 Å². The Balaban J connectivity index is 1.12. The molecule has 1 heterocycles. The van der Waals surface area contributed by atoms with E-state index in [4.69, 9.17) is 9.97 Å². The summed E-state index contributed by atoms with van der Waals surface area (Å²) in [7, 11) is 0. The maximum Gasteiger partial charge on any atom is 0.0975 e. The molecule has 0 amide bonds. The van der Waals surface area contributed by atoms with Gasteiger partial charge in [-0.15, -0.1) is 0 Å². The molecule has 1 aromatic heterocycles. The van der Waals surface area contributed by atoms with E-state index in [0.717, 1.165) is 104 Å². The number of hydrogen-bond donors (Lipinski definition) is 0. The zero-order valence-electron chi connectivity index (χ0n) is 28.9.